The van der Waals surface area contributed by atoms with E-state index >= 15 is 0 Å². The Kier molecular flexibility index (Phi) is 16.7. The monoisotopic (exact) mass is 813 g/mol. The van der Waals surface area contributed by atoms with Gasteiger partial charge in [-0.15, -0.1) is 11.3 Å². The van der Waals surface area contributed by atoms with Gasteiger partial charge in [0.15, 0.2) is 0 Å². The van der Waals surface area contributed by atoms with Gasteiger partial charge in [-0.25, -0.2) is 10.4 Å². The molecule has 58 heavy (non-hydrogen) atoms. The number of anilines is 1. The topological polar surface area (TPSA) is 136 Å². The molecule has 12 heteroatoms. The van der Waals surface area contributed by atoms with E-state index in [1.807, 2.05) is 64.4 Å². The number of hydrogen-bond donors (Lipinski definition) is 4. The van der Waals surface area contributed by atoms with E-state index in [2.05, 4.69) is 62.6 Å². The lowest BCUT2D eigenvalue weighted by atomic mass is 9.85. The summed E-state index contributed by atoms with van der Waals surface area (Å²) >= 11 is 1.61. The predicted molar refractivity (Wildman–Crippen MR) is 234 cm³/mol. The van der Waals surface area contributed by atoms with E-state index in [1.54, 1.807) is 16.2 Å². The molecule has 11 nitrogen and oxygen atoms in total. The molecule has 2 aliphatic rings. The first-order valence-electron chi connectivity index (χ1n) is 21.6. The Bertz CT molecular complexity index is 1790. The van der Waals surface area contributed by atoms with Crippen LogP contribution in [-0.2, 0) is 14.4 Å². The molecule has 0 spiro atoms. The Morgan fingerprint density at radius 3 is 2.29 bits per heavy atom. The molecule has 1 aromatic heterocycles. The Hall–Kier alpha value is -4.29. The Morgan fingerprint density at radius 2 is 1.60 bits per heavy atom. The van der Waals surface area contributed by atoms with E-state index in [-0.39, 0.29) is 29.7 Å². The van der Waals surface area contributed by atoms with Crippen LogP contribution in [-0.4, -0.2) is 71.8 Å². The van der Waals surface area contributed by atoms with Crippen molar-refractivity contribution in [2.75, 3.05) is 31.1 Å². The molecule has 5 rings (SSSR count). The second-order valence-electron chi connectivity index (χ2n) is 17.3. The van der Waals surface area contributed by atoms with Crippen molar-refractivity contribution in [3.05, 3.63) is 70.9 Å². The van der Waals surface area contributed by atoms with E-state index < -0.39 is 17.5 Å². The van der Waals surface area contributed by atoms with Gasteiger partial charge in [0.25, 0.3) is 5.91 Å². The normalized spacial score (nSPS) is 18.3. The maximum atomic E-state index is 14.1. The van der Waals surface area contributed by atoms with Gasteiger partial charge in [-0.2, -0.15) is 0 Å². The molecule has 2 aromatic carbocycles. The zero-order valence-corrected chi connectivity index (χ0v) is 36.5. The lowest BCUT2D eigenvalue weighted by Gasteiger charge is -2.35. The van der Waals surface area contributed by atoms with Crippen molar-refractivity contribution < 1.29 is 19.2 Å². The lowest BCUT2D eigenvalue weighted by Crippen LogP contribution is -2.57. The maximum absolute atomic E-state index is 14.1. The summed E-state index contributed by atoms with van der Waals surface area (Å²) in [5.41, 5.74) is 12.0. The van der Waals surface area contributed by atoms with Gasteiger partial charge in [-0.1, -0.05) is 77.6 Å². The molecule has 4 atom stereocenters. The van der Waals surface area contributed by atoms with Gasteiger partial charge in [0.05, 0.1) is 22.1 Å². The molecule has 3 heterocycles. The standard InChI is InChI=1S/C46H67N7O4S/c1-7-27-48-51-43(55)37-22-24-38(25-23-37)52-28-12-15-34(26-30-52)14-10-8-9-11-17-40(54)50-42(46(4,5)6)45(57)53-29-13-16-39(53)44(56)49-32(2)35-18-20-36(21-19-35)41-33(3)47-31-58-41/h18-25,31-32,34,39,42,48H,7-17,26-30H2,1-6H3,(H,49,56)(H,50,54)(H,51,55)/t32-,34?,39-,42+/m0/s1. The molecule has 4 amide bonds. The fourth-order valence-corrected chi connectivity index (χ4v) is 9.01. The van der Waals surface area contributed by atoms with Crippen molar-refractivity contribution in [1.29, 1.82) is 0 Å². The molecule has 0 radical (unpaired) electrons. The van der Waals surface area contributed by atoms with Crippen LogP contribution in [0.4, 0.5) is 5.69 Å². The smallest absolute Gasteiger partial charge is 0.265 e. The number of amides is 4. The summed E-state index contributed by atoms with van der Waals surface area (Å²) in [6.07, 6.45) is 11.4. The maximum Gasteiger partial charge on any atom is 0.265 e. The zero-order valence-electron chi connectivity index (χ0n) is 35.7. The number of unbranched alkanes of at least 4 members (excludes halogenated alkanes) is 3. The summed E-state index contributed by atoms with van der Waals surface area (Å²) in [5.74, 6) is 0.143. The minimum absolute atomic E-state index is 0.107. The highest BCUT2D eigenvalue weighted by atomic mass is 32.1. The number of hydrogen-bond acceptors (Lipinski definition) is 8. The number of aryl methyl sites for hydroxylation is 1. The van der Waals surface area contributed by atoms with Crippen LogP contribution in [0.25, 0.3) is 10.4 Å². The third-order valence-corrected chi connectivity index (χ3v) is 12.7. The molecule has 2 fully saturated rings. The number of benzene rings is 2. The van der Waals surface area contributed by atoms with Crippen LogP contribution in [0.2, 0.25) is 0 Å². The summed E-state index contributed by atoms with van der Waals surface area (Å²) in [7, 11) is 0. The number of aromatic nitrogens is 1. The van der Waals surface area contributed by atoms with Gasteiger partial charge >= 0.3 is 0 Å². The summed E-state index contributed by atoms with van der Waals surface area (Å²) in [6, 6.07) is 14.6. The highest BCUT2D eigenvalue weighted by molar-refractivity contribution is 7.13. The number of carbonyl (C=O) groups excluding carboxylic acids is 4. The minimum Gasteiger partial charge on any atom is -0.372 e. The average Bonchev–Trinajstić information content (AvgIpc) is 3.81. The van der Waals surface area contributed by atoms with Crippen LogP contribution in [0.1, 0.15) is 139 Å². The van der Waals surface area contributed by atoms with Crippen LogP contribution in [0, 0.1) is 18.3 Å². The molecule has 2 saturated heterocycles. The molecule has 1 unspecified atom stereocenters. The van der Waals surface area contributed by atoms with Crippen LogP contribution in [0.5, 0.6) is 0 Å². The number of carbonyl (C=O) groups is 4. The molecule has 4 N–H and O–H groups in total. The first kappa shape index (κ1) is 44.8. The SMILES string of the molecule is CCCNNC(=O)c1ccc(N2CCCC(CCCCCCC(=O)N[C@H](C(=O)N3CCC[C@H]3C(=O)N[C@@H](C)c3ccc(-c4scnc4C)cc3)C(C)(C)C)CC2)cc1. The minimum atomic E-state index is -0.714. The number of likely N-dealkylation sites (tertiary alicyclic amines) is 1. The van der Waals surface area contributed by atoms with Gasteiger partial charge in [0.2, 0.25) is 17.7 Å². The summed E-state index contributed by atoms with van der Waals surface area (Å²) < 4.78 is 0. The highest BCUT2D eigenvalue weighted by Gasteiger charge is 2.42. The molecule has 2 aliphatic heterocycles. The summed E-state index contributed by atoms with van der Waals surface area (Å²) in [6.45, 7) is 15.2. The van der Waals surface area contributed by atoms with E-state index in [4.69, 9.17) is 0 Å². The third-order valence-electron chi connectivity index (χ3n) is 11.7. The second-order valence-corrected chi connectivity index (χ2v) is 18.2. The van der Waals surface area contributed by atoms with Crippen molar-refractivity contribution in [3.63, 3.8) is 0 Å². The summed E-state index contributed by atoms with van der Waals surface area (Å²) in [5, 5.41) is 6.22. The second kappa shape index (κ2) is 21.6. The molecule has 0 bridgehead atoms. The average molecular weight is 814 g/mol. The molecule has 0 aliphatic carbocycles. The number of thiazole rings is 1. The molecule has 0 saturated carbocycles. The summed E-state index contributed by atoms with van der Waals surface area (Å²) in [4.78, 5) is 62.8. The van der Waals surface area contributed by atoms with Crippen LogP contribution in [0.3, 0.4) is 0 Å². The number of nitrogens with zero attached hydrogens (tertiary/aromatic N) is 3. The number of rotatable bonds is 18. The fraction of sp³-hybridized carbons (Fsp3) is 0.587. The largest absolute Gasteiger partial charge is 0.372 e. The fourth-order valence-electron chi connectivity index (χ4n) is 8.19. The van der Waals surface area contributed by atoms with Crippen LogP contribution >= 0.6 is 11.3 Å². The van der Waals surface area contributed by atoms with Crippen molar-refractivity contribution in [2.24, 2.45) is 11.3 Å². The quantitative estimate of drug-likeness (QED) is 0.0753. The Morgan fingerprint density at radius 1 is 0.879 bits per heavy atom. The van der Waals surface area contributed by atoms with Gasteiger partial charge in [-0.05, 0) is 106 Å². The third kappa shape index (κ3) is 12.6. The van der Waals surface area contributed by atoms with Gasteiger partial charge in [0, 0.05) is 43.9 Å². The molecule has 3 aromatic rings. The van der Waals surface area contributed by atoms with Crippen molar-refractivity contribution in [1.82, 2.24) is 31.4 Å². The predicted octanol–water partition coefficient (Wildman–Crippen LogP) is 8.11. The lowest BCUT2D eigenvalue weighted by molar-refractivity contribution is -0.144. The highest BCUT2D eigenvalue weighted by Crippen LogP contribution is 2.30. The van der Waals surface area contributed by atoms with Gasteiger partial charge < -0.3 is 20.4 Å². The van der Waals surface area contributed by atoms with Crippen molar-refractivity contribution in [2.45, 2.75) is 137 Å². The van der Waals surface area contributed by atoms with E-state index in [9.17, 15) is 19.2 Å². The zero-order chi connectivity index (χ0) is 41.7. The molecular formula is C46H67N7O4S. The van der Waals surface area contributed by atoms with Gasteiger partial charge in [0.1, 0.15) is 12.1 Å². The Balaban J connectivity index is 1.01. The van der Waals surface area contributed by atoms with Crippen molar-refractivity contribution in [3.8, 4) is 10.4 Å². The first-order chi connectivity index (χ1) is 27.8. The van der Waals surface area contributed by atoms with E-state index in [0.717, 1.165) is 92.7 Å². The van der Waals surface area contributed by atoms with Crippen LogP contribution < -0.4 is 26.4 Å². The molecular weight excluding hydrogens is 747 g/mol. The van der Waals surface area contributed by atoms with E-state index in [0.29, 0.717) is 30.9 Å². The number of hydrazine groups is 1. The molecule has 316 valence electrons. The van der Waals surface area contributed by atoms with Crippen LogP contribution in [0.15, 0.2) is 54.0 Å². The van der Waals surface area contributed by atoms with E-state index in [1.165, 1.54) is 18.5 Å². The number of nitrogens with one attached hydrogen (secondary N) is 4. The van der Waals surface area contributed by atoms with Gasteiger partial charge in [-0.3, -0.25) is 24.6 Å². The first-order valence-corrected chi connectivity index (χ1v) is 22.5. The Labute approximate surface area is 350 Å². The van der Waals surface area contributed by atoms with Crippen molar-refractivity contribution >= 4 is 40.7 Å².